The van der Waals surface area contributed by atoms with Crippen molar-refractivity contribution in [3.63, 3.8) is 0 Å². The monoisotopic (exact) mass is 140 g/mol. The van der Waals surface area contributed by atoms with E-state index in [4.69, 9.17) is 2.74 Å². The van der Waals surface area contributed by atoms with Gasteiger partial charge < -0.3 is 0 Å². The number of rotatable bonds is 0. The summed E-state index contributed by atoms with van der Waals surface area (Å²) in [7, 11) is 0. The Labute approximate surface area is 66.8 Å². The maximum atomic E-state index is 8.14. The summed E-state index contributed by atoms with van der Waals surface area (Å²) < 4.78 is 16.0. The lowest BCUT2D eigenvalue weighted by molar-refractivity contribution is -0.0988. The average Bonchev–Trinajstić information content (AvgIpc) is 1.93. The van der Waals surface area contributed by atoms with E-state index in [2.05, 4.69) is 13.8 Å². The fourth-order valence-corrected chi connectivity index (χ4v) is 2.66. The molecular weight excluding hydrogens is 120 g/mol. The SMILES string of the molecule is [2H]C1C[C@H]2C[C@H](C2(C)C)[C@@]1([2H])C. The van der Waals surface area contributed by atoms with E-state index in [1.54, 1.807) is 0 Å². The molecule has 0 heterocycles. The fourth-order valence-electron chi connectivity index (χ4n) is 2.66. The molecule has 3 aliphatic rings. The molecule has 10 heavy (non-hydrogen) atoms. The lowest BCUT2D eigenvalue weighted by Gasteiger charge is -2.59. The minimum absolute atomic E-state index is 0.144. The molecule has 0 aromatic rings. The van der Waals surface area contributed by atoms with Gasteiger partial charge in [-0.15, -0.1) is 0 Å². The van der Waals surface area contributed by atoms with Crippen LogP contribution in [0.5, 0.6) is 0 Å². The van der Waals surface area contributed by atoms with E-state index >= 15 is 0 Å². The molecule has 2 bridgehead atoms. The van der Waals surface area contributed by atoms with Gasteiger partial charge in [0.1, 0.15) is 0 Å². The van der Waals surface area contributed by atoms with Crippen LogP contribution in [0.25, 0.3) is 0 Å². The zero-order valence-corrected chi connectivity index (χ0v) is 7.15. The zero-order chi connectivity index (χ0) is 9.15. The Morgan fingerprint density at radius 3 is 2.70 bits per heavy atom. The highest BCUT2D eigenvalue weighted by molar-refractivity contribution is 5.01. The molecule has 3 rings (SSSR count). The third kappa shape index (κ3) is 0.627. The molecule has 0 N–H and O–H groups in total. The van der Waals surface area contributed by atoms with Gasteiger partial charge in [0.05, 0.1) is 0 Å². The van der Waals surface area contributed by atoms with Crippen molar-refractivity contribution in [3.05, 3.63) is 0 Å². The zero-order valence-electron chi connectivity index (χ0n) is 9.15. The van der Waals surface area contributed by atoms with Crippen molar-refractivity contribution in [1.82, 2.24) is 0 Å². The van der Waals surface area contributed by atoms with Crippen LogP contribution in [0, 0.1) is 23.1 Å². The van der Waals surface area contributed by atoms with Gasteiger partial charge in [-0.05, 0) is 36.0 Å². The van der Waals surface area contributed by atoms with Gasteiger partial charge in [0, 0.05) is 2.74 Å². The molecule has 3 aliphatic carbocycles. The first-order valence-electron chi connectivity index (χ1n) is 5.37. The van der Waals surface area contributed by atoms with Gasteiger partial charge >= 0.3 is 0 Å². The quantitative estimate of drug-likeness (QED) is 0.485. The van der Waals surface area contributed by atoms with Crippen LogP contribution in [0.1, 0.15) is 42.8 Å². The van der Waals surface area contributed by atoms with Crippen molar-refractivity contribution in [3.8, 4) is 0 Å². The normalized spacial score (nSPS) is 67.7. The largest absolute Gasteiger partial charge is 0.0622 e. The Morgan fingerprint density at radius 2 is 2.30 bits per heavy atom. The van der Waals surface area contributed by atoms with Crippen LogP contribution in [-0.2, 0) is 0 Å². The summed E-state index contributed by atoms with van der Waals surface area (Å²) in [6.07, 6.45) is 2.00. The summed E-state index contributed by atoms with van der Waals surface area (Å²) in [4.78, 5) is 0. The molecule has 0 aromatic heterocycles. The smallest absolute Gasteiger partial charge is 0.0303 e. The van der Waals surface area contributed by atoms with Crippen LogP contribution in [0.4, 0.5) is 0 Å². The topological polar surface area (TPSA) is 0 Å². The maximum Gasteiger partial charge on any atom is 0.0303 e. The second-order valence-electron chi connectivity index (χ2n) is 4.49. The molecule has 0 heteroatoms. The number of fused-ring (bicyclic) bond motifs is 2. The minimum Gasteiger partial charge on any atom is -0.0622 e. The molecule has 0 radical (unpaired) electrons. The third-order valence-electron chi connectivity index (χ3n) is 3.74. The summed E-state index contributed by atoms with van der Waals surface area (Å²) in [6, 6.07) is 0. The second kappa shape index (κ2) is 1.78. The standard InChI is InChI=1S/C10H18/c1-7-4-5-8-6-9(7)10(8,2)3/h7-9H,4-6H2,1-3H3/t7-,8-,9-/m0/s1/i4D,7D/t4?,7-,8-,9-. The Hall–Kier alpha value is 0. The van der Waals surface area contributed by atoms with Gasteiger partial charge in [0.15, 0.2) is 0 Å². The van der Waals surface area contributed by atoms with E-state index in [1.807, 2.05) is 6.92 Å². The van der Waals surface area contributed by atoms with Crippen LogP contribution in [0.15, 0.2) is 0 Å². The van der Waals surface area contributed by atoms with E-state index in [-0.39, 0.29) is 6.40 Å². The highest BCUT2D eigenvalue weighted by Gasteiger charge is 2.52. The first kappa shape index (κ1) is 4.79. The maximum absolute atomic E-state index is 8.14. The molecule has 0 spiro atoms. The van der Waals surface area contributed by atoms with E-state index in [1.165, 1.54) is 6.42 Å². The number of hydrogen-bond donors (Lipinski definition) is 0. The van der Waals surface area contributed by atoms with Crippen LogP contribution < -0.4 is 0 Å². The summed E-state index contributed by atoms with van der Waals surface area (Å²) >= 11 is 0. The minimum atomic E-state index is -0.488. The van der Waals surface area contributed by atoms with Gasteiger partial charge in [-0.1, -0.05) is 27.2 Å². The molecule has 0 aliphatic heterocycles. The fraction of sp³-hybridized carbons (Fsp3) is 1.00. The lowest BCUT2D eigenvalue weighted by Crippen LogP contribution is -2.51. The van der Waals surface area contributed by atoms with E-state index < -0.39 is 5.89 Å². The summed E-state index contributed by atoms with van der Waals surface area (Å²) in [6.45, 7) is 6.49. The Morgan fingerprint density at radius 1 is 1.60 bits per heavy atom. The van der Waals surface area contributed by atoms with Crippen molar-refractivity contribution in [2.75, 3.05) is 0 Å². The summed E-state index contributed by atoms with van der Waals surface area (Å²) in [5.74, 6) is 0.702. The van der Waals surface area contributed by atoms with Crippen molar-refractivity contribution in [1.29, 1.82) is 0 Å². The van der Waals surface area contributed by atoms with Gasteiger partial charge in [-0.25, -0.2) is 0 Å². The van der Waals surface area contributed by atoms with E-state index in [9.17, 15) is 0 Å². The lowest BCUT2D eigenvalue weighted by atomic mass is 9.46. The summed E-state index contributed by atoms with van der Waals surface area (Å²) in [5.41, 5.74) is 0.341. The Balaban J connectivity index is 2.27. The molecule has 3 saturated carbocycles. The van der Waals surface area contributed by atoms with E-state index in [0.29, 0.717) is 11.3 Å². The van der Waals surface area contributed by atoms with Crippen molar-refractivity contribution < 1.29 is 2.74 Å². The van der Waals surface area contributed by atoms with Crippen molar-refractivity contribution >= 4 is 0 Å². The Bertz CT molecular complexity index is 208. The first-order chi connectivity index (χ1) is 5.37. The van der Waals surface area contributed by atoms with Crippen molar-refractivity contribution in [2.24, 2.45) is 23.1 Å². The summed E-state index contributed by atoms with van der Waals surface area (Å²) in [5, 5.41) is 0. The van der Waals surface area contributed by atoms with Crippen LogP contribution in [0.3, 0.4) is 0 Å². The molecule has 0 nitrogen and oxygen atoms in total. The van der Waals surface area contributed by atoms with Crippen molar-refractivity contribution in [2.45, 2.75) is 40.0 Å². The molecule has 1 unspecified atom stereocenters. The highest BCUT2D eigenvalue weighted by atomic mass is 14.6. The predicted octanol–water partition coefficient (Wildman–Crippen LogP) is 3.08. The predicted molar refractivity (Wildman–Crippen MR) is 43.8 cm³/mol. The van der Waals surface area contributed by atoms with Gasteiger partial charge in [-0.3, -0.25) is 0 Å². The molecular formula is C10H18. The molecule has 3 fully saturated rings. The molecule has 0 amide bonds. The van der Waals surface area contributed by atoms with Crippen LogP contribution >= 0.6 is 0 Å². The second-order valence-corrected chi connectivity index (χ2v) is 4.49. The molecule has 58 valence electrons. The molecule has 0 saturated heterocycles. The van der Waals surface area contributed by atoms with Crippen LogP contribution in [0.2, 0.25) is 0 Å². The number of hydrogen-bond acceptors (Lipinski definition) is 0. The molecule has 4 atom stereocenters. The first-order valence-corrected chi connectivity index (χ1v) is 4.29. The third-order valence-corrected chi connectivity index (χ3v) is 3.74. The highest BCUT2D eigenvalue weighted by Crippen LogP contribution is 2.61. The van der Waals surface area contributed by atoms with Gasteiger partial charge in [-0.2, -0.15) is 0 Å². The Kier molecular flexibility index (Phi) is 0.852. The van der Waals surface area contributed by atoms with Gasteiger partial charge in [0.2, 0.25) is 0 Å². The van der Waals surface area contributed by atoms with E-state index in [0.717, 1.165) is 12.3 Å². The van der Waals surface area contributed by atoms with Crippen LogP contribution in [-0.4, -0.2) is 0 Å². The average molecular weight is 140 g/mol. The van der Waals surface area contributed by atoms with Gasteiger partial charge in [0.25, 0.3) is 0 Å². The molecule has 0 aromatic carbocycles.